The lowest BCUT2D eigenvalue weighted by molar-refractivity contribution is 0.248. The van der Waals surface area contributed by atoms with E-state index in [2.05, 4.69) is 87.5 Å². The fourth-order valence-electron chi connectivity index (χ4n) is 6.64. The molecule has 0 saturated carbocycles. The quantitative estimate of drug-likeness (QED) is 0.0662. The van der Waals surface area contributed by atoms with Gasteiger partial charge >= 0.3 is 0 Å². The summed E-state index contributed by atoms with van der Waals surface area (Å²) in [5, 5.41) is 4.13. The molecule has 302 valence electrons. The van der Waals surface area contributed by atoms with Crippen molar-refractivity contribution < 1.29 is 18.9 Å². The molecule has 0 bridgehead atoms. The number of nitrogens with one attached hydrogen (secondary N) is 1. The number of imidazole rings is 1. The molecule has 0 aliphatic heterocycles. The minimum Gasteiger partial charge on any atom is -0.493 e. The third kappa shape index (κ3) is 12.1. The van der Waals surface area contributed by atoms with Gasteiger partial charge in [0, 0.05) is 42.7 Å². The number of fused-ring (bicyclic) bond motifs is 1. The van der Waals surface area contributed by atoms with E-state index < -0.39 is 0 Å². The highest BCUT2D eigenvalue weighted by atomic mass is 35.5. The molecular weight excluding hydrogens is 720 g/mol. The summed E-state index contributed by atoms with van der Waals surface area (Å²) in [6.07, 6.45) is 4.59. The van der Waals surface area contributed by atoms with E-state index in [0.717, 1.165) is 116 Å². The van der Waals surface area contributed by atoms with Crippen molar-refractivity contribution in [2.75, 3.05) is 52.5 Å². The Kier molecular flexibility index (Phi) is 16.3. The molecule has 9 heteroatoms. The number of benzene rings is 4. The van der Waals surface area contributed by atoms with Crippen LogP contribution in [0.2, 0.25) is 5.02 Å². The summed E-state index contributed by atoms with van der Waals surface area (Å²) in [4.78, 5) is 7.77. The lowest BCUT2D eigenvalue weighted by Crippen LogP contribution is -2.25. The predicted octanol–water partition coefficient (Wildman–Crippen LogP) is 11.4. The van der Waals surface area contributed by atoms with Gasteiger partial charge in [-0.15, -0.1) is 0 Å². The van der Waals surface area contributed by atoms with Gasteiger partial charge in [0.25, 0.3) is 0 Å². The number of hydrogen-bond donors (Lipinski definition) is 1. The second-order valence-electron chi connectivity index (χ2n) is 15.3. The number of unbranched alkanes of at least 4 members (excludes halogenated alkanes) is 1. The van der Waals surface area contributed by atoms with Crippen LogP contribution in [0, 0.1) is 0 Å². The maximum absolute atomic E-state index is 6.64. The molecule has 1 heterocycles. The van der Waals surface area contributed by atoms with Crippen LogP contribution < -0.4 is 24.3 Å². The molecule has 5 rings (SSSR count). The van der Waals surface area contributed by atoms with E-state index in [-0.39, 0.29) is 5.41 Å². The SMILES string of the molecule is CCCCn1c(-c2ccc(OCCc3ccc(Cl)cc3)cc2OCCCN(CC)CC)nc2c(OCCCNCC)cc(Oc3ccc(C(C)(C)C)cc3)cc21. The third-order valence-electron chi connectivity index (χ3n) is 10.0. The highest BCUT2D eigenvalue weighted by Crippen LogP contribution is 2.40. The first-order chi connectivity index (χ1) is 27.1. The Bertz CT molecular complexity index is 1930. The summed E-state index contributed by atoms with van der Waals surface area (Å²) in [6, 6.07) is 26.5. The molecule has 4 aromatic carbocycles. The Morgan fingerprint density at radius 1 is 0.732 bits per heavy atom. The first-order valence-corrected chi connectivity index (χ1v) is 21.0. The van der Waals surface area contributed by atoms with Gasteiger partial charge in [0.2, 0.25) is 0 Å². The van der Waals surface area contributed by atoms with Crippen LogP contribution in [-0.2, 0) is 18.4 Å². The number of aromatic nitrogens is 2. The van der Waals surface area contributed by atoms with E-state index in [9.17, 15) is 0 Å². The van der Waals surface area contributed by atoms with Gasteiger partial charge in [0.05, 0.1) is 30.9 Å². The van der Waals surface area contributed by atoms with Crippen molar-refractivity contribution in [1.29, 1.82) is 0 Å². The largest absolute Gasteiger partial charge is 0.493 e. The third-order valence-corrected chi connectivity index (χ3v) is 10.3. The van der Waals surface area contributed by atoms with Crippen molar-refractivity contribution in [2.24, 2.45) is 0 Å². The molecule has 0 radical (unpaired) electrons. The van der Waals surface area contributed by atoms with Crippen molar-refractivity contribution in [2.45, 2.75) is 92.5 Å². The van der Waals surface area contributed by atoms with E-state index in [4.69, 9.17) is 35.5 Å². The molecule has 0 aliphatic carbocycles. The van der Waals surface area contributed by atoms with Gasteiger partial charge < -0.3 is 33.7 Å². The Hall–Kier alpha value is -4.24. The first kappa shape index (κ1) is 42.9. The van der Waals surface area contributed by atoms with E-state index >= 15 is 0 Å². The zero-order valence-electron chi connectivity index (χ0n) is 34.8. The number of hydrogen-bond acceptors (Lipinski definition) is 7. The number of aryl methyl sites for hydroxylation is 1. The van der Waals surface area contributed by atoms with Gasteiger partial charge in [-0.1, -0.05) is 90.8 Å². The standard InChI is InChI=1S/C47H63ClN4O4/c1-8-12-28-52-42-32-40(56-38-21-17-36(18-22-38)47(5,6)7)34-44(55-29-13-26-49-9-2)45(42)50-46(52)41-24-23-39(53-31-25-35-15-19-37(48)20-16-35)33-43(41)54-30-14-27-51(10-3)11-4/h15-24,32-34,49H,8-14,25-31H2,1-7H3. The molecule has 0 atom stereocenters. The number of rotatable bonds is 23. The van der Waals surface area contributed by atoms with Crippen LogP contribution in [0.3, 0.4) is 0 Å². The Balaban J connectivity index is 1.53. The zero-order valence-corrected chi connectivity index (χ0v) is 35.5. The summed E-state index contributed by atoms with van der Waals surface area (Å²) < 4.78 is 28.3. The monoisotopic (exact) mass is 782 g/mol. The topological polar surface area (TPSA) is 70.0 Å². The van der Waals surface area contributed by atoms with Gasteiger partial charge in [-0.25, -0.2) is 4.98 Å². The van der Waals surface area contributed by atoms with Crippen molar-refractivity contribution in [3.05, 3.63) is 95.0 Å². The van der Waals surface area contributed by atoms with Gasteiger partial charge in [-0.05, 0) is 98.4 Å². The van der Waals surface area contributed by atoms with Crippen molar-refractivity contribution in [3.63, 3.8) is 0 Å². The van der Waals surface area contributed by atoms with Crippen LogP contribution in [0.15, 0.2) is 78.9 Å². The second kappa shape index (κ2) is 21.3. The maximum atomic E-state index is 6.64. The van der Waals surface area contributed by atoms with Crippen LogP contribution in [0.4, 0.5) is 0 Å². The highest BCUT2D eigenvalue weighted by Gasteiger charge is 2.22. The number of halogens is 1. The summed E-state index contributed by atoms with van der Waals surface area (Å²) in [6.45, 7) is 22.7. The van der Waals surface area contributed by atoms with E-state index in [1.54, 1.807) is 0 Å². The highest BCUT2D eigenvalue weighted by molar-refractivity contribution is 6.30. The molecule has 0 unspecified atom stereocenters. The summed E-state index contributed by atoms with van der Waals surface area (Å²) in [5.74, 6) is 4.55. The lowest BCUT2D eigenvalue weighted by atomic mass is 9.87. The van der Waals surface area contributed by atoms with Crippen molar-refractivity contribution in [1.82, 2.24) is 19.8 Å². The van der Waals surface area contributed by atoms with Gasteiger partial charge in [-0.2, -0.15) is 0 Å². The Morgan fingerprint density at radius 3 is 2.12 bits per heavy atom. The summed E-state index contributed by atoms with van der Waals surface area (Å²) >= 11 is 6.11. The Morgan fingerprint density at radius 2 is 1.43 bits per heavy atom. The summed E-state index contributed by atoms with van der Waals surface area (Å²) in [7, 11) is 0. The predicted molar refractivity (Wildman–Crippen MR) is 232 cm³/mol. The van der Waals surface area contributed by atoms with Crippen molar-refractivity contribution >= 4 is 22.6 Å². The van der Waals surface area contributed by atoms with Gasteiger partial charge in [0.15, 0.2) is 5.75 Å². The first-order valence-electron chi connectivity index (χ1n) is 20.7. The molecule has 0 spiro atoms. The smallest absolute Gasteiger partial charge is 0.150 e. The van der Waals surface area contributed by atoms with Crippen LogP contribution >= 0.6 is 11.6 Å². The van der Waals surface area contributed by atoms with Crippen molar-refractivity contribution in [3.8, 4) is 40.1 Å². The van der Waals surface area contributed by atoms with Crippen LogP contribution in [0.1, 0.15) is 85.3 Å². The Labute approximate surface area is 340 Å². The molecule has 1 aromatic heterocycles. The van der Waals surface area contributed by atoms with Gasteiger partial charge in [0.1, 0.15) is 34.3 Å². The fraction of sp³-hybridized carbons (Fsp3) is 0.468. The molecule has 5 aromatic rings. The fourth-order valence-corrected chi connectivity index (χ4v) is 6.77. The number of nitrogens with zero attached hydrogens (tertiary/aromatic N) is 3. The van der Waals surface area contributed by atoms with Crippen LogP contribution in [0.25, 0.3) is 22.4 Å². The normalized spacial score (nSPS) is 11.7. The van der Waals surface area contributed by atoms with Crippen LogP contribution in [-0.4, -0.2) is 67.0 Å². The van der Waals surface area contributed by atoms with E-state index in [1.807, 2.05) is 54.6 Å². The molecule has 8 nitrogen and oxygen atoms in total. The van der Waals surface area contributed by atoms with Gasteiger partial charge in [-0.3, -0.25) is 0 Å². The molecule has 0 saturated heterocycles. The van der Waals surface area contributed by atoms with Crippen LogP contribution in [0.5, 0.6) is 28.7 Å². The average molecular weight is 783 g/mol. The average Bonchev–Trinajstić information content (AvgIpc) is 3.55. The summed E-state index contributed by atoms with van der Waals surface area (Å²) in [5.41, 5.74) is 5.19. The zero-order chi connectivity index (χ0) is 39.9. The van der Waals surface area contributed by atoms with E-state index in [1.165, 1.54) is 11.1 Å². The lowest BCUT2D eigenvalue weighted by Gasteiger charge is -2.19. The minimum atomic E-state index is 0.0585. The second-order valence-corrected chi connectivity index (χ2v) is 15.7. The van der Waals surface area contributed by atoms with E-state index in [0.29, 0.717) is 31.3 Å². The molecule has 0 amide bonds. The molecule has 0 fully saturated rings. The molecule has 0 aliphatic rings. The molecular formula is C47H63ClN4O4. The minimum absolute atomic E-state index is 0.0585. The molecule has 1 N–H and O–H groups in total. The number of ether oxygens (including phenoxy) is 4. The maximum Gasteiger partial charge on any atom is 0.150 e. The molecule has 56 heavy (non-hydrogen) atoms.